The second-order valence-electron chi connectivity index (χ2n) is 2.98. The minimum absolute atomic E-state index is 0.0546. The van der Waals surface area contributed by atoms with Crippen molar-refractivity contribution in [1.29, 1.82) is 0 Å². The summed E-state index contributed by atoms with van der Waals surface area (Å²) in [6.07, 6.45) is 0. The lowest BCUT2D eigenvalue weighted by molar-refractivity contribution is -0.385. The Bertz CT molecular complexity index is 456. The molecule has 0 atom stereocenters. The molecule has 7 heteroatoms. The molecule has 7 nitrogen and oxygen atoms in total. The summed E-state index contributed by atoms with van der Waals surface area (Å²) in [7, 11) is 3.75. The summed E-state index contributed by atoms with van der Waals surface area (Å²) >= 11 is 0. The van der Waals surface area contributed by atoms with Gasteiger partial charge in [0.25, 0.3) is 0 Å². The zero-order chi connectivity index (χ0) is 13.0. The molecule has 0 heterocycles. The van der Waals surface area contributed by atoms with E-state index in [1.807, 2.05) is 0 Å². The van der Waals surface area contributed by atoms with Crippen molar-refractivity contribution in [3.63, 3.8) is 0 Å². The van der Waals surface area contributed by atoms with Crippen LogP contribution in [0.15, 0.2) is 12.1 Å². The molecule has 0 aliphatic carbocycles. The minimum Gasteiger partial charge on any atom is -0.496 e. The molecule has 0 saturated carbocycles. The third-order valence-electron chi connectivity index (χ3n) is 2.08. The first-order chi connectivity index (χ1) is 8.04. The molecule has 1 aromatic rings. The van der Waals surface area contributed by atoms with Crippen LogP contribution in [0, 0.1) is 10.1 Å². The number of nitrogens with zero attached hydrogens (tertiary/aromatic N) is 1. The van der Waals surface area contributed by atoms with Crippen LogP contribution in [-0.2, 0) is 4.74 Å². The molecule has 0 aliphatic heterocycles. The van der Waals surface area contributed by atoms with Crippen LogP contribution in [0.2, 0.25) is 0 Å². The van der Waals surface area contributed by atoms with E-state index in [9.17, 15) is 14.9 Å². The van der Waals surface area contributed by atoms with E-state index in [-0.39, 0.29) is 22.7 Å². The Morgan fingerprint density at radius 1 is 1.24 bits per heavy atom. The summed E-state index contributed by atoms with van der Waals surface area (Å²) in [6, 6.07) is 2.49. The fourth-order valence-corrected chi connectivity index (χ4v) is 1.32. The van der Waals surface area contributed by atoms with Gasteiger partial charge in [-0.1, -0.05) is 0 Å². The van der Waals surface area contributed by atoms with E-state index in [0.717, 1.165) is 0 Å². The molecule has 0 spiro atoms. The highest BCUT2D eigenvalue weighted by atomic mass is 16.6. The molecule has 0 unspecified atom stereocenters. The molecule has 0 saturated heterocycles. The van der Waals surface area contributed by atoms with E-state index >= 15 is 0 Å². The summed E-state index contributed by atoms with van der Waals surface area (Å²) in [5.74, 6) is -0.704. The van der Waals surface area contributed by atoms with Crippen molar-refractivity contribution in [3.05, 3.63) is 27.8 Å². The lowest BCUT2D eigenvalue weighted by atomic mass is 10.1. The quantitative estimate of drug-likeness (QED) is 0.449. The molecule has 0 bridgehead atoms. The molecule has 0 N–H and O–H groups in total. The Balaban J connectivity index is 3.50. The van der Waals surface area contributed by atoms with E-state index < -0.39 is 10.9 Å². The third-order valence-corrected chi connectivity index (χ3v) is 2.08. The van der Waals surface area contributed by atoms with Gasteiger partial charge in [0.15, 0.2) is 0 Å². The van der Waals surface area contributed by atoms with Crippen LogP contribution in [0.4, 0.5) is 5.69 Å². The van der Waals surface area contributed by atoms with Crippen molar-refractivity contribution in [3.8, 4) is 11.5 Å². The maximum atomic E-state index is 11.5. The summed E-state index contributed by atoms with van der Waals surface area (Å²) in [5, 5.41) is 10.8. The first-order valence-corrected chi connectivity index (χ1v) is 4.53. The number of hydrogen-bond acceptors (Lipinski definition) is 6. The molecule has 1 aromatic carbocycles. The maximum Gasteiger partial charge on any atom is 0.342 e. The fourth-order valence-electron chi connectivity index (χ4n) is 1.32. The van der Waals surface area contributed by atoms with Crippen molar-refractivity contribution in [2.45, 2.75) is 0 Å². The molecule has 0 fully saturated rings. The number of benzene rings is 1. The average Bonchev–Trinajstić information content (AvgIpc) is 2.35. The number of methoxy groups -OCH3 is 3. The number of carbonyl (C=O) groups is 1. The van der Waals surface area contributed by atoms with Gasteiger partial charge in [0.05, 0.1) is 32.3 Å². The second-order valence-corrected chi connectivity index (χ2v) is 2.98. The third kappa shape index (κ3) is 2.44. The van der Waals surface area contributed by atoms with Gasteiger partial charge in [-0.3, -0.25) is 10.1 Å². The number of carbonyl (C=O) groups excluding carboxylic acids is 1. The molecular weight excluding hydrogens is 230 g/mol. The summed E-state index contributed by atoms with van der Waals surface area (Å²) in [4.78, 5) is 21.6. The highest BCUT2D eigenvalue weighted by Gasteiger charge is 2.25. The first-order valence-electron chi connectivity index (χ1n) is 4.53. The number of ether oxygens (including phenoxy) is 3. The Hall–Kier alpha value is -2.31. The number of esters is 1. The van der Waals surface area contributed by atoms with Gasteiger partial charge in [-0.25, -0.2) is 4.79 Å². The van der Waals surface area contributed by atoms with Gasteiger partial charge in [0.2, 0.25) is 5.75 Å². The standard InChI is InChI=1S/C10H11NO6/c1-15-6-4-7(10(12)17-3)9(16-2)8(5-6)11(13)14/h4-5H,1-3H3. The highest BCUT2D eigenvalue weighted by Crippen LogP contribution is 2.35. The molecule has 0 radical (unpaired) electrons. The van der Waals surface area contributed by atoms with Crippen LogP contribution in [0.25, 0.3) is 0 Å². The second kappa shape index (κ2) is 5.15. The molecule has 1 rings (SSSR count). The Labute approximate surface area is 97.0 Å². The molecular formula is C10H11NO6. The van der Waals surface area contributed by atoms with Crippen LogP contribution in [0.3, 0.4) is 0 Å². The summed E-state index contributed by atoms with van der Waals surface area (Å²) < 4.78 is 14.3. The predicted molar refractivity (Wildman–Crippen MR) is 57.5 cm³/mol. The zero-order valence-corrected chi connectivity index (χ0v) is 9.55. The van der Waals surface area contributed by atoms with Crippen molar-refractivity contribution in [2.24, 2.45) is 0 Å². The van der Waals surface area contributed by atoms with E-state index in [4.69, 9.17) is 9.47 Å². The maximum absolute atomic E-state index is 11.5. The minimum atomic E-state index is -0.733. The molecule has 0 aliphatic rings. The van der Waals surface area contributed by atoms with Crippen LogP contribution in [0.1, 0.15) is 10.4 Å². The first kappa shape index (κ1) is 12.8. The number of rotatable bonds is 4. The van der Waals surface area contributed by atoms with E-state index in [2.05, 4.69) is 4.74 Å². The molecule has 0 aromatic heterocycles. The van der Waals surface area contributed by atoms with Gasteiger partial charge in [-0.2, -0.15) is 0 Å². The van der Waals surface area contributed by atoms with Gasteiger partial charge in [0, 0.05) is 0 Å². The summed E-state index contributed by atoms with van der Waals surface area (Å²) in [5.41, 5.74) is -0.409. The average molecular weight is 241 g/mol. The van der Waals surface area contributed by atoms with Crippen molar-refractivity contribution in [1.82, 2.24) is 0 Å². The van der Waals surface area contributed by atoms with Gasteiger partial charge in [0.1, 0.15) is 11.3 Å². The molecule has 92 valence electrons. The van der Waals surface area contributed by atoms with Gasteiger partial charge in [-0.15, -0.1) is 0 Å². The van der Waals surface area contributed by atoms with Crippen molar-refractivity contribution < 1.29 is 23.9 Å². The number of nitro groups is 1. The number of hydrogen-bond donors (Lipinski definition) is 0. The lowest BCUT2D eigenvalue weighted by Crippen LogP contribution is -2.07. The molecule has 0 amide bonds. The van der Waals surface area contributed by atoms with Crippen LogP contribution in [0.5, 0.6) is 11.5 Å². The van der Waals surface area contributed by atoms with E-state index in [1.165, 1.54) is 33.5 Å². The van der Waals surface area contributed by atoms with E-state index in [1.54, 1.807) is 0 Å². The van der Waals surface area contributed by atoms with Crippen LogP contribution in [-0.4, -0.2) is 32.2 Å². The number of nitro benzene ring substituents is 1. The van der Waals surface area contributed by atoms with Gasteiger partial charge in [-0.05, 0) is 6.07 Å². The van der Waals surface area contributed by atoms with Gasteiger partial charge < -0.3 is 14.2 Å². The SMILES string of the molecule is COC(=O)c1cc(OC)cc([N+](=O)[O-])c1OC. The monoisotopic (exact) mass is 241 g/mol. The van der Waals surface area contributed by atoms with Gasteiger partial charge >= 0.3 is 11.7 Å². The topological polar surface area (TPSA) is 87.9 Å². The van der Waals surface area contributed by atoms with E-state index in [0.29, 0.717) is 0 Å². The Morgan fingerprint density at radius 3 is 2.29 bits per heavy atom. The highest BCUT2D eigenvalue weighted by molar-refractivity contribution is 5.94. The largest absolute Gasteiger partial charge is 0.496 e. The van der Waals surface area contributed by atoms with Crippen LogP contribution >= 0.6 is 0 Å². The van der Waals surface area contributed by atoms with Crippen molar-refractivity contribution in [2.75, 3.05) is 21.3 Å². The van der Waals surface area contributed by atoms with Crippen molar-refractivity contribution >= 4 is 11.7 Å². The normalized spacial score (nSPS) is 9.59. The predicted octanol–water partition coefficient (Wildman–Crippen LogP) is 1.40. The molecule has 17 heavy (non-hydrogen) atoms. The summed E-state index contributed by atoms with van der Waals surface area (Å²) in [6.45, 7) is 0. The smallest absolute Gasteiger partial charge is 0.342 e. The Kier molecular flexibility index (Phi) is 3.86. The van der Waals surface area contributed by atoms with Crippen LogP contribution < -0.4 is 9.47 Å². The lowest BCUT2D eigenvalue weighted by Gasteiger charge is -2.09. The zero-order valence-electron chi connectivity index (χ0n) is 9.55. The fraction of sp³-hybridized carbons (Fsp3) is 0.300. The Morgan fingerprint density at radius 2 is 1.88 bits per heavy atom.